The number of hydrogen-bond acceptors (Lipinski definition) is 3. The third-order valence-electron chi connectivity index (χ3n) is 4.52. The molecule has 2 heterocycles. The van der Waals surface area contributed by atoms with Crippen LogP contribution in [0.1, 0.15) is 37.0 Å². The zero-order valence-corrected chi connectivity index (χ0v) is 13.8. The maximum Gasteiger partial charge on any atom is 0.255 e. The van der Waals surface area contributed by atoms with Gasteiger partial charge in [-0.3, -0.25) is 4.79 Å². The second-order valence-electron chi connectivity index (χ2n) is 6.45. The number of benzene rings is 1. The molecule has 1 aliphatic rings. The lowest BCUT2D eigenvalue weighted by molar-refractivity contribution is 0.0929. The highest BCUT2D eigenvalue weighted by atomic mass is 35.5. The van der Waals surface area contributed by atoms with Crippen molar-refractivity contribution in [1.82, 2.24) is 10.6 Å². The van der Waals surface area contributed by atoms with E-state index in [4.69, 9.17) is 4.42 Å². The fourth-order valence-corrected chi connectivity index (χ4v) is 3.06. The van der Waals surface area contributed by atoms with E-state index >= 15 is 0 Å². The average Bonchev–Trinajstić information content (AvgIpc) is 2.89. The minimum Gasteiger partial charge on any atom is -0.463 e. The summed E-state index contributed by atoms with van der Waals surface area (Å²) >= 11 is 0. The number of amides is 1. The molecular weight excluding hydrogens is 300 g/mol. The molecule has 5 heteroatoms. The first-order valence-electron chi connectivity index (χ1n) is 7.56. The van der Waals surface area contributed by atoms with Crippen LogP contribution in [0.2, 0.25) is 0 Å². The van der Waals surface area contributed by atoms with E-state index in [1.807, 2.05) is 24.3 Å². The van der Waals surface area contributed by atoms with Gasteiger partial charge in [-0.1, -0.05) is 32.0 Å². The Morgan fingerprint density at radius 2 is 2.18 bits per heavy atom. The summed E-state index contributed by atoms with van der Waals surface area (Å²) in [6.45, 7) is 6.18. The number of furan rings is 1. The van der Waals surface area contributed by atoms with Crippen molar-refractivity contribution in [2.45, 2.75) is 32.7 Å². The molecule has 1 fully saturated rings. The Morgan fingerprint density at radius 3 is 2.95 bits per heavy atom. The Labute approximate surface area is 137 Å². The Morgan fingerprint density at radius 1 is 1.41 bits per heavy atom. The van der Waals surface area contributed by atoms with Gasteiger partial charge in [0.15, 0.2) is 0 Å². The summed E-state index contributed by atoms with van der Waals surface area (Å²) in [7, 11) is 0. The van der Waals surface area contributed by atoms with Gasteiger partial charge in [0.2, 0.25) is 0 Å². The van der Waals surface area contributed by atoms with Crippen molar-refractivity contribution in [3.63, 3.8) is 0 Å². The van der Waals surface area contributed by atoms with E-state index in [-0.39, 0.29) is 23.7 Å². The molecule has 1 aromatic heterocycles. The van der Waals surface area contributed by atoms with Gasteiger partial charge in [-0.25, -0.2) is 0 Å². The van der Waals surface area contributed by atoms with Crippen molar-refractivity contribution in [2.24, 2.45) is 5.41 Å². The molecule has 0 bridgehead atoms. The second kappa shape index (κ2) is 6.71. The first kappa shape index (κ1) is 16.8. The first-order chi connectivity index (χ1) is 10.1. The van der Waals surface area contributed by atoms with Crippen LogP contribution in [0.5, 0.6) is 0 Å². The third-order valence-corrected chi connectivity index (χ3v) is 4.52. The number of carbonyl (C=O) groups is 1. The number of para-hydroxylation sites is 1. The predicted molar refractivity (Wildman–Crippen MR) is 90.6 cm³/mol. The van der Waals surface area contributed by atoms with E-state index in [0.717, 1.165) is 17.5 Å². The molecule has 2 aromatic rings. The van der Waals surface area contributed by atoms with Crippen LogP contribution < -0.4 is 10.6 Å². The molecule has 1 unspecified atom stereocenters. The van der Waals surface area contributed by atoms with E-state index < -0.39 is 0 Å². The van der Waals surface area contributed by atoms with Gasteiger partial charge in [-0.05, 0) is 30.9 Å². The third kappa shape index (κ3) is 3.28. The van der Waals surface area contributed by atoms with Crippen LogP contribution in [0.4, 0.5) is 0 Å². The van der Waals surface area contributed by atoms with Crippen molar-refractivity contribution in [2.75, 3.05) is 13.1 Å². The van der Waals surface area contributed by atoms with Crippen molar-refractivity contribution in [1.29, 1.82) is 0 Å². The van der Waals surface area contributed by atoms with Crippen LogP contribution in [0.3, 0.4) is 0 Å². The summed E-state index contributed by atoms with van der Waals surface area (Å²) in [5.41, 5.74) is 1.57. The van der Waals surface area contributed by atoms with Crippen LogP contribution >= 0.6 is 12.4 Å². The number of rotatable bonds is 3. The predicted octanol–water partition coefficient (Wildman–Crippen LogP) is 3.36. The number of nitrogens with one attached hydrogen (secondary N) is 2. The molecule has 0 radical (unpaired) electrons. The summed E-state index contributed by atoms with van der Waals surface area (Å²) in [5.74, 6) is -0.0666. The van der Waals surface area contributed by atoms with E-state index in [2.05, 4.69) is 24.5 Å². The van der Waals surface area contributed by atoms with Gasteiger partial charge >= 0.3 is 0 Å². The number of fused-ring (bicyclic) bond motifs is 1. The fourth-order valence-electron chi connectivity index (χ4n) is 3.06. The van der Waals surface area contributed by atoms with Crippen LogP contribution in [-0.2, 0) is 0 Å². The summed E-state index contributed by atoms with van der Waals surface area (Å²) in [5, 5.41) is 7.42. The van der Waals surface area contributed by atoms with Gasteiger partial charge in [0, 0.05) is 18.0 Å². The van der Waals surface area contributed by atoms with E-state index in [1.165, 1.54) is 12.8 Å². The minimum absolute atomic E-state index is 0. The number of piperidine rings is 1. The van der Waals surface area contributed by atoms with Crippen molar-refractivity contribution < 1.29 is 9.21 Å². The molecule has 3 rings (SSSR count). The van der Waals surface area contributed by atoms with Gasteiger partial charge in [-0.15, -0.1) is 12.4 Å². The SMILES string of the molecule is CC1(C)CCCNC1CNC(=O)c1coc2ccccc12.Cl. The monoisotopic (exact) mass is 322 g/mol. The molecule has 0 aliphatic carbocycles. The maximum atomic E-state index is 12.4. The maximum absolute atomic E-state index is 12.4. The lowest BCUT2D eigenvalue weighted by atomic mass is 9.77. The standard InChI is InChI=1S/C17H22N2O2.ClH/c1-17(2)8-5-9-18-15(17)10-19-16(20)13-11-21-14-7-4-3-6-12(13)14;/h3-4,6-7,11,15,18H,5,8-10H2,1-2H3,(H,19,20);1H. The molecule has 22 heavy (non-hydrogen) atoms. The summed E-state index contributed by atoms with van der Waals surface area (Å²) in [4.78, 5) is 12.4. The molecular formula is C17H23ClN2O2. The lowest BCUT2D eigenvalue weighted by Gasteiger charge is -2.39. The minimum atomic E-state index is -0.0666. The van der Waals surface area contributed by atoms with Crippen molar-refractivity contribution in [3.05, 3.63) is 36.1 Å². The van der Waals surface area contributed by atoms with E-state index in [0.29, 0.717) is 18.2 Å². The van der Waals surface area contributed by atoms with Crippen LogP contribution in [-0.4, -0.2) is 25.0 Å². The lowest BCUT2D eigenvalue weighted by Crippen LogP contribution is -2.52. The van der Waals surface area contributed by atoms with Gasteiger partial charge in [-0.2, -0.15) is 0 Å². The molecule has 0 spiro atoms. The summed E-state index contributed by atoms with van der Waals surface area (Å²) in [6.07, 6.45) is 3.93. The fraction of sp³-hybridized carbons (Fsp3) is 0.471. The second-order valence-corrected chi connectivity index (χ2v) is 6.45. The highest BCUT2D eigenvalue weighted by molar-refractivity contribution is 6.05. The van der Waals surface area contributed by atoms with Crippen molar-refractivity contribution in [3.8, 4) is 0 Å². The molecule has 1 saturated heterocycles. The molecule has 1 amide bonds. The number of carbonyl (C=O) groups excluding carboxylic acids is 1. The number of halogens is 1. The molecule has 4 nitrogen and oxygen atoms in total. The molecule has 1 aromatic carbocycles. The Hall–Kier alpha value is -1.52. The Bertz CT molecular complexity index is 651. The molecule has 120 valence electrons. The highest BCUT2D eigenvalue weighted by Gasteiger charge is 2.32. The van der Waals surface area contributed by atoms with E-state index in [1.54, 1.807) is 6.26 Å². The number of hydrogen-bond donors (Lipinski definition) is 2. The van der Waals surface area contributed by atoms with Gasteiger partial charge in [0.1, 0.15) is 11.8 Å². The largest absolute Gasteiger partial charge is 0.463 e. The quantitative estimate of drug-likeness (QED) is 0.911. The normalized spacial score (nSPS) is 20.4. The van der Waals surface area contributed by atoms with Crippen molar-refractivity contribution >= 4 is 29.3 Å². The zero-order chi connectivity index (χ0) is 14.9. The van der Waals surface area contributed by atoms with Crippen LogP contribution in [0.15, 0.2) is 34.9 Å². The molecule has 1 atom stereocenters. The van der Waals surface area contributed by atoms with Gasteiger partial charge in [0.25, 0.3) is 5.91 Å². The molecule has 1 aliphatic heterocycles. The highest BCUT2D eigenvalue weighted by Crippen LogP contribution is 2.29. The molecule has 0 saturated carbocycles. The van der Waals surface area contributed by atoms with Crippen LogP contribution in [0, 0.1) is 5.41 Å². The Balaban J connectivity index is 0.00000176. The summed E-state index contributed by atoms with van der Waals surface area (Å²) < 4.78 is 5.43. The van der Waals surface area contributed by atoms with Crippen LogP contribution in [0.25, 0.3) is 11.0 Å². The smallest absolute Gasteiger partial charge is 0.255 e. The zero-order valence-electron chi connectivity index (χ0n) is 13.0. The van der Waals surface area contributed by atoms with Gasteiger partial charge in [0.05, 0.1) is 5.56 Å². The topological polar surface area (TPSA) is 54.3 Å². The average molecular weight is 323 g/mol. The summed E-state index contributed by atoms with van der Waals surface area (Å²) in [6, 6.07) is 7.92. The Kier molecular flexibility index (Phi) is 5.14. The molecule has 2 N–H and O–H groups in total. The van der Waals surface area contributed by atoms with E-state index in [9.17, 15) is 4.79 Å². The van der Waals surface area contributed by atoms with Gasteiger partial charge < -0.3 is 15.1 Å². The first-order valence-corrected chi connectivity index (χ1v) is 7.56.